The molecule has 1 aromatic carbocycles. The maximum Gasteiger partial charge on any atom is 0.221 e. The van der Waals surface area contributed by atoms with Gasteiger partial charge in [0.05, 0.1) is 13.2 Å². The fourth-order valence-electron chi connectivity index (χ4n) is 3.15. The van der Waals surface area contributed by atoms with E-state index in [2.05, 4.69) is 27.9 Å². The highest BCUT2D eigenvalue weighted by Crippen LogP contribution is 2.32. The van der Waals surface area contributed by atoms with Crippen LogP contribution in [0.25, 0.3) is 0 Å². The molecule has 0 saturated heterocycles. The Labute approximate surface area is 214 Å². The SMILES string of the molecule is CCC(C)NC(=O)CCNC(=NCCCOCC1CC1)Nc1ccc2c(c1)OCCCO2.I. The van der Waals surface area contributed by atoms with Crippen LogP contribution in [-0.4, -0.2) is 57.4 Å². The molecule has 9 heteroatoms. The number of ether oxygens (including phenoxy) is 3. The summed E-state index contributed by atoms with van der Waals surface area (Å²) in [4.78, 5) is 16.7. The zero-order valence-corrected chi connectivity index (χ0v) is 22.2. The van der Waals surface area contributed by atoms with Crippen molar-refractivity contribution in [2.24, 2.45) is 10.9 Å². The first-order valence-corrected chi connectivity index (χ1v) is 12.0. The third-order valence-corrected chi connectivity index (χ3v) is 5.44. The summed E-state index contributed by atoms with van der Waals surface area (Å²) in [6, 6.07) is 5.96. The molecule has 1 atom stereocenters. The molecule has 1 aliphatic heterocycles. The number of rotatable bonds is 12. The summed E-state index contributed by atoms with van der Waals surface area (Å²) in [6.07, 6.45) is 5.63. The average Bonchev–Trinajstić information content (AvgIpc) is 3.62. The highest BCUT2D eigenvalue weighted by Gasteiger charge is 2.20. The van der Waals surface area contributed by atoms with Crippen LogP contribution in [0.5, 0.6) is 11.5 Å². The molecule has 1 aliphatic carbocycles. The minimum Gasteiger partial charge on any atom is -0.490 e. The molecule has 3 N–H and O–H groups in total. The van der Waals surface area contributed by atoms with Gasteiger partial charge < -0.3 is 30.2 Å². The molecule has 1 saturated carbocycles. The topological polar surface area (TPSA) is 93.2 Å². The van der Waals surface area contributed by atoms with Crippen LogP contribution in [-0.2, 0) is 9.53 Å². The Balaban J connectivity index is 0.00000385. The van der Waals surface area contributed by atoms with Gasteiger partial charge in [-0.2, -0.15) is 0 Å². The number of hydrogen-bond donors (Lipinski definition) is 3. The van der Waals surface area contributed by atoms with Crippen molar-refractivity contribution < 1.29 is 19.0 Å². The largest absolute Gasteiger partial charge is 0.490 e. The van der Waals surface area contributed by atoms with E-state index in [4.69, 9.17) is 14.2 Å². The Hall–Kier alpha value is -1.75. The second-order valence-corrected chi connectivity index (χ2v) is 8.49. The van der Waals surface area contributed by atoms with Gasteiger partial charge in [0.1, 0.15) is 0 Å². The molecule has 186 valence electrons. The molecule has 0 bridgehead atoms. The predicted molar refractivity (Wildman–Crippen MR) is 142 cm³/mol. The Morgan fingerprint density at radius 3 is 2.79 bits per heavy atom. The minimum absolute atomic E-state index is 0. The Bertz CT molecular complexity index is 758. The van der Waals surface area contributed by atoms with Crippen LogP contribution < -0.4 is 25.4 Å². The molecule has 3 rings (SSSR count). The zero-order valence-electron chi connectivity index (χ0n) is 19.9. The maximum atomic E-state index is 12.1. The van der Waals surface area contributed by atoms with Crippen molar-refractivity contribution in [2.75, 3.05) is 44.8 Å². The number of halogens is 1. The maximum absolute atomic E-state index is 12.1. The molecular formula is C24H39IN4O4. The van der Waals surface area contributed by atoms with E-state index in [1.807, 2.05) is 25.1 Å². The molecular weight excluding hydrogens is 535 g/mol. The number of benzene rings is 1. The van der Waals surface area contributed by atoms with Gasteiger partial charge in [-0.15, -0.1) is 24.0 Å². The summed E-state index contributed by atoms with van der Waals surface area (Å²) in [5.41, 5.74) is 0.856. The summed E-state index contributed by atoms with van der Waals surface area (Å²) in [6.45, 7) is 8.10. The standard InChI is InChI=1S/C24H38N4O4.HI/c1-3-18(2)27-23(29)10-12-26-24(25-11-4-13-30-17-19-6-7-19)28-20-8-9-21-22(16-20)32-15-5-14-31-21;/h8-9,16,18-19H,3-7,10-15,17H2,1-2H3,(H,27,29)(H2,25,26,28);1H. The molecule has 0 aromatic heterocycles. The lowest BCUT2D eigenvalue weighted by molar-refractivity contribution is -0.121. The molecule has 33 heavy (non-hydrogen) atoms. The van der Waals surface area contributed by atoms with Gasteiger partial charge >= 0.3 is 0 Å². The van der Waals surface area contributed by atoms with Crippen molar-refractivity contribution in [3.05, 3.63) is 18.2 Å². The Morgan fingerprint density at radius 2 is 2.03 bits per heavy atom. The second kappa shape index (κ2) is 15.2. The van der Waals surface area contributed by atoms with Gasteiger partial charge in [-0.25, -0.2) is 0 Å². The number of carbonyl (C=O) groups is 1. The van der Waals surface area contributed by atoms with E-state index in [-0.39, 0.29) is 35.9 Å². The number of amides is 1. The summed E-state index contributed by atoms with van der Waals surface area (Å²) >= 11 is 0. The molecule has 0 spiro atoms. The summed E-state index contributed by atoms with van der Waals surface area (Å²) < 4.78 is 17.2. The van der Waals surface area contributed by atoms with Crippen molar-refractivity contribution in [1.29, 1.82) is 0 Å². The molecule has 1 aromatic rings. The van der Waals surface area contributed by atoms with Gasteiger partial charge in [0.25, 0.3) is 0 Å². The lowest BCUT2D eigenvalue weighted by Gasteiger charge is -2.15. The molecule has 1 fully saturated rings. The monoisotopic (exact) mass is 574 g/mol. The van der Waals surface area contributed by atoms with E-state index < -0.39 is 0 Å². The smallest absolute Gasteiger partial charge is 0.221 e. The van der Waals surface area contributed by atoms with Crippen LogP contribution in [0.3, 0.4) is 0 Å². The van der Waals surface area contributed by atoms with Crippen molar-refractivity contribution in [3.8, 4) is 11.5 Å². The third-order valence-electron chi connectivity index (χ3n) is 5.44. The van der Waals surface area contributed by atoms with E-state index in [0.717, 1.165) is 49.0 Å². The first-order valence-electron chi connectivity index (χ1n) is 12.0. The molecule has 0 radical (unpaired) electrons. The van der Waals surface area contributed by atoms with Crippen LogP contribution in [0.4, 0.5) is 5.69 Å². The number of fused-ring (bicyclic) bond motifs is 1. The number of nitrogens with zero attached hydrogens (tertiary/aromatic N) is 1. The number of aliphatic imine (C=N–C) groups is 1. The number of carbonyl (C=O) groups excluding carboxylic acids is 1. The quantitative estimate of drug-likeness (QED) is 0.152. The first-order chi connectivity index (χ1) is 15.6. The minimum atomic E-state index is 0. The van der Waals surface area contributed by atoms with Crippen LogP contribution in [0.15, 0.2) is 23.2 Å². The Kier molecular flexibility index (Phi) is 12.7. The van der Waals surface area contributed by atoms with Gasteiger partial charge in [-0.3, -0.25) is 9.79 Å². The fraction of sp³-hybridized carbons (Fsp3) is 0.667. The molecule has 8 nitrogen and oxygen atoms in total. The molecule has 1 unspecified atom stereocenters. The van der Waals surface area contributed by atoms with Gasteiger partial charge in [-0.1, -0.05) is 6.92 Å². The molecule has 1 amide bonds. The zero-order chi connectivity index (χ0) is 22.6. The van der Waals surface area contributed by atoms with Gasteiger partial charge in [0.2, 0.25) is 5.91 Å². The van der Waals surface area contributed by atoms with Gasteiger partial charge in [0.15, 0.2) is 17.5 Å². The van der Waals surface area contributed by atoms with E-state index in [9.17, 15) is 4.79 Å². The van der Waals surface area contributed by atoms with Crippen LogP contribution in [0.1, 0.15) is 52.4 Å². The van der Waals surface area contributed by atoms with E-state index in [0.29, 0.717) is 45.3 Å². The fourth-order valence-corrected chi connectivity index (χ4v) is 3.15. The van der Waals surface area contributed by atoms with E-state index in [1.54, 1.807) is 0 Å². The average molecular weight is 575 g/mol. The van der Waals surface area contributed by atoms with Crippen LogP contribution in [0, 0.1) is 5.92 Å². The normalized spacial score (nSPS) is 16.2. The third kappa shape index (κ3) is 10.8. The van der Waals surface area contributed by atoms with E-state index >= 15 is 0 Å². The van der Waals surface area contributed by atoms with Crippen LogP contribution >= 0.6 is 24.0 Å². The molecule has 2 aliphatic rings. The number of anilines is 1. The summed E-state index contributed by atoms with van der Waals surface area (Å²) in [5.74, 6) is 2.94. The molecule has 1 heterocycles. The van der Waals surface area contributed by atoms with Gasteiger partial charge in [0, 0.05) is 56.9 Å². The van der Waals surface area contributed by atoms with Crippen molar-refractivity contribution in [3.63, 3.8) is 0 Å². The highest BCUT2D eigenvalue weighted by atomic mass is 127. The van der Waals surface area contributed by atoms with Gasteiger partial charge in [-0.05, 0) is 50.7 Å². The summed E-state index contributed by atoms with van der Waals surface area (Å²) in [7, 11) is 0. The number of nitrogens with one attached hydrogen (secondary N) is 3. The van der Waals surface area contributed by atoms with Crippen molar-refractivity contribution in [2.45, 2.75) is 58.4 Å². The first kappa shape index (κ1) is 27.5. The van der Waals surface area contributed by atoms with E-state index in [1.165, 1.54) is 12.8 Å². The highest BCUT2D eigenvalue weighted by molar-refractivity contribution is 14.0. The van der Waals surface area contributed by atoms with Crippen molar-refractivity contribution in [1.82, 2.24) is 10.6 Å². The Morgan fingerprint density at radius 1 is 1.24 bits per heavy atom. The number of guanidine groups is 1. The second-order valence-electron chi connectivity index (χ2n) is 8.49. The predicted octanol–water partition coefficient (Wildman–Crippen LogP) is 3.94. The number of hydrogen-bond acceptors (Lipinski definition) is 5. The van der Waals surface area contributed by atoms with Crippen LogP contribution in [0.2, 0.25) is 0 Å². The lowest BCUT2D eigenvalue weighted by Crippen LogP contribution is -2.37. The van der Waals surface area contributed by atoms with Crippen molar-refractivity contribution >= 4 is 41.5 Å². The lowest BCUT2D eigenvalue weighted by atomic mass is 10.2. The summed E-state index contributed by atoms with van der Waals surface area (Å²) in [5, 5.41) is 9.58.